The number of hydrogen-bond donors (Lipinski definition) is 0. The minimum Gasteiger partial charge on any atom is -0.464 e. The lowest BCUT2D eigenvalue weighted by Gasteiger charge is -2.20. The summed E-state index contributed by atoms with van der Waals surface area (Å²) >= 11 is 6.43. The van der Waals surface area contributed by atoms with E-state index in [0.717, 1.165) is 18.7 Å². The lowest BCUT2D eigenvalue weighted by molar-refractivity contribution is 0.0594. The molecule has 134 valence electrons. The van der Waals surface area contributed by atoms with Crippen LogP contribution >= 0.6 is 11.6 Å². The molecule has 0 radical (unpaired) electrons. The molecule has 0 bridgehead atoms. The molecule has 0 aliphatic rings. The van der Waals surface area contributed by atoms with Gasteiger partial charge in [0.05, 0.1) is 12.1 Å². The number of benzene rings is 1. The van der Waals surface area contributed by atoms with E-state index in [1.54, 1.807) is 0 Å². The van der Waals surface area contributed by atoms with Crippen LogP contribution in [0, 0.1) is 0 Å². The maximum absolute atomic E-state index is 11.9. The van der Waals surface area contributed by atoms with Crippen molar-refractivity contribution < 1.29 is 9.53 Å². The molecule has 2 aromatic heterocycles. The molecule has 7 heteroatoms. The Morgan fingerprint density at radius 3 is 2.38 bits per heavy atom. The number of pyridine rings is 1. The number of carbonyl (C=O) groups is 1. The van der Waals surface area contributed by atoms with Gasteiger partial charge in [0.1, 0.15) is 16.7 Å². The van der Waals surface area contributed by atoms with Crippen LogP contribution in [0.15, 0.2) is 36.4 Å². The minimum atomic E-state index is -0.555. The molecule has 2 heterocycles. The standard InChI is InChI=1S/C19H19ClN4O2/c1-4-24(5-2)19-22-15(12-9-7-6-8-10-12)17-16(23-19)13(20)11-14(21-17)18(25)26-3/h6-11H,4-5H2,1-3H3. The van der Waals surface area contributed by atoms with Crippen LogP contribution in [0.5, 0.6) is 0 Å². The van der Waals surface area contributed by atoms with Gasteiger partial charge in [-0.3, -0.25) is 0 Å². The first-order valence-electron chi connectivity index (χ1n) is 8.36. The van der Waals surface area contributed by atoms with E-state index in [9.17, 15) is 4.79 Å². The van der Waals surface area contributed by atoms with Crippen molar-refractivity contribution in [1.29, 1.82) is 0 Å². The number of rotatable bonds is 5. The fourth-order valence-corrected chi connectivity index (χ4v) is 2.95. The van der Waals surface area contributed by atoms with Crippen molar-refractivity contribution in [2.45, 2.75) is 13.8 Å². The first-order chi connectivity index (χ1) is 12.6. The van der Waals surface area contributed by atoms with Gasteiger partial charge in [0, 0.05) is 18.7 Å². The van der Waals surface area contributed by atoms with Gasteiger partial charge in [0.25, 0.3) is 0 Å². The highest BCUT2D eigenvalue weighted by Gasteiger charge is 2.19. The van der Waals surface area contributed by atoms with Gasteiger partial charge in [-0.2, -0.15) is 0 Å². The highest BCUT2D eigenvalue weighted by atomic mass is 35.5. The van der Waals surface area contributed by atoms with Crippen molar-refractivity contribution in [2.75, 3.05) is 25.1 Å². The molecule has 6 nitrogen and oxygen atoms in total. The molecule has 0 unspecified atom stereocenters. The molecule has 0 atom stereocenters. The summed E-state index contributed by atoms with van der Waals surface area (Å²) in [5, 5.41) is 0.336. The van der Waals surface area contributed by atoms with Crippen molar-refractivity contribution >= 4 is 34.6 Å². The molecule has 0 fully saturated rings. The van der Waals surface area contributed by atoms with Gasteiger partial charge in [-0.25, -0.2) is 19.7 Å². The summed E-state index contributed by atoms with van der Waals surface area (Å²) < 4.78 is 4.77. The Bertz CT molecular complexity index is 943. The van der Waals surface area contributed by atoms with Gasteiger partial charge in [-0.1, -0.05) is 41.9 Å². The smallest absolute Gasteiger partial charge is 0.356 e. The highest BCUT2D eigenvalue weighted by Crippen LogP contribution is 2.31. The predicted octanol–water partition coefficient (Wildman–Crippen LogP) is 3.98. The van der Waals surface area contributed by atoms with Gasteiger partial charge in [-0.05, 0) is 19.9 Å². The second-order valence-electron chi connectivity index (χ2n) is 5.59. The Kier molecular flexibility index (Phi) is 5.32. The van der Waals surface area contributed by atoms with E-state index in [1.807, 2.05) is 49.1 Å². The van der Waals surface area contributed by atoms with Gasteiger partial charge in [-0.15, -0.1) is 0 Å². The molecule has 3 rings (SSSR count). The van der Waals surface area contributed by atoms with E-state index >= 15 is 0 Å². The Morgan fingerprint density at radius 1 is 1.08 bits per heavy atom. The molecule has 3 aromatic rings. The summed E-state index contributed by atoms with van der Waals surface area (Å²) in [7, 11) is 1.31. The van der Waals surface area contributed by atoms with E-state index in [1.165, 1.54) is 13.2 Å². The molecule has 0 amide bonds. The predicted molar refractivity (Wildman–Crippen MR) is 103 cm³/mol. The van der Waals surface area contributed by atoms with Crippen LogP contribution in [0.4, 0.5) is 5.95 Å². The number of carbonyl (C=O) groups excluding carboxylic acids is 1. The van der Waals surface area contributed by atoms with Crippen molar-refractivity contribution in [2.24, 2.45) is 0 Å². The number of fused-ring (bicyclic) bond motifs is 1. The number of aromatic nitrogens is 3. The van der Waals surface area contributed by atoms with Crippen LogP contribution in [0.1, 0.15) is 24.3 Å². The molecule has 0 spiro atoms. The second-order valence-corrected chi connectivity index (χ2v) is 6.00. The quantitative estimate of drug-likeness (QED) is 0.633. The SMILES string of the molecule is CCN(CC)c1nc(-c2ccccc2)c2nc(C(=O)OC)cc(Cl)c2n1. The zero-order valence-electron chi connectivity index (χ0n) is 14.9. The average Bonchev–Trinajstić information content (AvgIpc) is 2.68. The van der Waals surface area contributed by atoms with Crippen molar-refractivity contribution in [3.05, 3.63) is 47.1 Å². The number of nitrogens with zero attached hydrogens (tertiary/aromatic N) is 4. The number of anilines is 1. The van der Waals surface area contributed by atoms with Crippen molar-refractivity contribution in [3.63, 3.8) is 0 Å². The Hall–Kier alpha value is -2.73. The summed E-state index contributed by atoms with van der Waals surface area (Å²) in [6, 6.07) is 11.1. The molecule has 0 N–H and O–H groups in total. The van der Waals surface area contributed by atoms with Crippen LogP contribution in [0.2, 0.25) is 5.02 Å². The number of esters is 1. The molecular weight excluding hydrogens is 352 g/mol. The first kappa shape index (κ1) is 18.1. The van der Waals surface area contributed by atoms with Gasteiger partial charge < -0.3 is 9.64 Å². The van der Waals surface area contributed by atoms with Crippen molar-refractivity contribution in [3.8, 4) is 11.3 Å². The van der Waals surface area contributed by atoms with Crippen molar-refractivity contribution in [1.82, 2.24) is 15.0 Å². The van der Waals surface area contributed by atoms with Crippen LogP contribution in [0.25, 0.3) is 22.3 Å². The second kappa shape index (κ2) is 7.66. The maximum atomic E-state index is 11.9. The lowest BCUT2D eigenvalue weighted by Crippen LogP contribution is -2.24. The summed E-state index contributed by atoms with van der Waals surface area (Å²) in [5.74, 6) is 0.0245. The van der Waals surface area contributed by atoms with Crippen LogP contribution in [0.3, 0.4) is 0 Å². The third-order valence-electron chi connectivity index (χ3n) is 4.08. The van der Waals surface area contributed by atoms with E-state index < -0.39 is 5.97 Å². The fraction of sp³-hybridized carbons (Fsp3) is 0.263. The molecular formula is C19H19ClN4O2. The average molecular weight is 371 g/mol. The normalized spacial score (nSPS) is 10.8. The monoisotopic (exact) mass is 370 g/mol. The minimum absolute atomic E-state index is 0.126. The van der Waals surface area contributed by atoms with Crippen LogP contribution in [-0.4, -0.2) is 41.1 Å². The van der Waals surface area contributed by atoms with Crippen LogP contribution in [-0.2, 0) is 4.74 Å². The van der Waals surface area contributed by atoms with Gasteiger partial charge in [0.2, 0.25) is 5.95 Å². The molecule has 0 saturated heterocycles. The highest BCUT2D eigenvalue weighted by molar-refractivity contribution is 6.35. The lowest BCUT2D eigenvalue weighted by atomic mass is 10.1. The molecule has 0 aliphatic heterocycles. The molecule has 26 heavy (non-hydrogen) atoms. The third kappa shape index (κ3) is 3.32. The third-order valence-corrected chi connectivity index (χ3v) is 4.37. The molecule has 0 aliphatic carbocycles. The number of ether oxygens (including phenoxy) is 1. The zero-order valence-corrected chi connectivity index (χ0v) is 15.6. The van der Waals surface area contributed by atoms with E-state index in [4.69, 9.17) is 21.3 Å². The summed E-state index contributed by atoms with van der Waals surface area (Å²) in [6.45, 7) is 5.61. The molecule has 0 saturated carbocycles. The Labute approximate surface area is 156 Å². The maximum Gasteiger partial charge on any atom is 0.356 e. The van der Waals surface area contributed by atoms with E-state index in [0.29, 0.717) is 27.7 Å². The van der Waals surface area contributed by atoms with E-state index in [-0.39, 0.29) is 5.69 Å². The Morgan fingerprint density at radius 2 is 1.77 bits per heavy atom. The zero-order chi connectivity index (χ0) is 18.7. The summed E-state index contributed by atoms with van der Waals surface area (Å²) in [5.41, 5.74) is 2.61. The van der Waals surface area contributed by atoms with Gasteiger partial charge in [0.15, 0.2) is 5.69 Å². The Balaban J connectivity index is 2.35. The van der Waals surface area contributed by atoms with Gasteiger partial charge >= 0.3 is 5.97 Å². The molecule has 1 aromatic carbocycles. The number of hydrogen-bond acceptors (Lipinski definition) is 6. The first-order valence-corrected chi connectivity index (χ1v) is 8.73. The topological polar surface area (TPSA) is 68.2 Å². The summed E-state index contributed by atoms with van der Waals surface area (Å²) in [4.78, 5) is 27.7. The summed E-state index contributed by atoms with van der Waals surface area (Å²) in [6.07, 6.45) is 0. The fourth-order valence-electron chi connectivity index (χ4n) is 2.71. The van der Waals surface area contributed by atoms with E-state index in [2.05, 4.69) is 9.97 Å². The number of methoxy groups -OCH3 is 1. The van der Waals surface area contributed by atoms with Crippen LogP contribution < -0.4 is 4.90 Å². The number of halogens is 1. The largest absolute Gasteiger partial charge is 0.464 e.